The Bertz CT molecular complexity index is 1420. The molecule has 2 aromatic carbocycles. The summed E-state index contributed by atoms with van der Waals surface area (Å²) in [7, 11) is 1.64. The molecule has 0 saturated carbocycles. The first kappa shape index (κ1) is 30.1. The highest BCUT2D eigenvalue weighted by atomic mass is 16.5. The van der Waals surface area contributed by atoms with Gasteiger partial charge in [0, 0.05) is 70.3 Å². The molecule has 3 aliphatic rings. The van der Waals surface area contributed by atoms with Crippen molar-refractivity contribution < 1.29 is 19.1 Å². The molecule has 0 radical (unpaired) electrons. The highest BCUT2D eigenvalue weighted by Gasteiger charge is 2.45. The molecule has 3 aromatic rings. The van der Waals surface area contributed by atoms with Crippen LogP contribution in [0, 0.1) is 6.92 Å². The number of likely N-dealkylation sites (N-methyl/N-ethyl adjacent to an activating group) is 1. The summed E-state index contributed by atoms with van der Waals surface area (Å²) in [5, 5.41) is 2.64. The van der Waals surface area contributed by atoms with Crippen LogP contribution in [0.1, 0.15) is 54.1 Å². The van der Waals surface area contributed by atoms with Crippen molar-refractivity contribution in [3.8, 4) is 11.6 Å². The van der Waals surface area contributed by atoms with Crippen LogP contribution in [0.15, 0.2) is 66.7 Å². The first-order chi connectivity index (χ1) is 21.5. The van der Waals surface area contributed by atoms with E-state index in [9.17, 15) is 9.59 Å². The molecule has 1 N–H and O–H groups in total. The zero-order valence-electron chi connectivity index (χ0n) is 25.8. The first-order valence-electron chi connectivity index (χ1n) is 15.9. The summed E-state index contributed by atoms with van der Waals surface area (Å²) in [6.07, 6.45) is 4.10. The van der Waals surface area contributed by atoms with E-state index in [1.165, 1.54) is 11.1 Å². The zero-order chi connectivity index (χ0) is 30.5. The second-order valence-electron chi connectivity index (χ2n) is 12.1. The summed E-state index contributed by atoms with van der Waals surface area (Å²) < 4.78 is 11.6. The van der Waals surface area contributed by atoms with Crippen molar-refractivity contribution >= 4 is 11.9 Å². The lowest BCUT2D eigenvalue weighted by molar-refractivity contribution is -0.119. The predicted octanol–water partition coefficient (Wildman–Crippen LogP) is 5.09. The molecule has 9 heteroatoms. The average Bonchev–Trinajstić information content (AvgIpc) is 3.41. The van der Waals surface area contributed by atoms with Crippen LogP contribution < -0.4 is 10.1 Å². The van der Waals surface area contributed by atoms with E-state index in [2.05, 4.69) is 50.3 Å². The fraction of sp³-hybridized carbons (Fsp3) is 0.457. The zero-order valence-corrected chi connectivity index (χ0v) is 25.8. The number of urea groups is 1. The van der Waals surface area contributed by atoms with Crippen molar-refractivity contribution in [2.45, 2.75) is 63.7 Å². The van der Waals surface area contributed by atoms with Crippen molar-refractivity contribution in [2.75, 3.05) is 39.9 Å². The lowest BCUT2D eigenvalue weighted by Gasteiger charge is -2.39. The minimum absolute atomic E-state index is 0.0195. The van der Waals surface area contributed by atoms with E-state index >= 15 is 0 Å². The molecule has 0 unspecified atom stereocenters. The van der Waals surface area contributed by atoms with Gasteiger partial charge in [-0.05, 0) is 61.4 Å². The largest absolute Gasteiger partial charge is 0.439 e. The number of hydrogen-bond acceptors (Lipinski definition) is 6. The number of rotatable bonds is 9. The molecule has 3 amide bonds. The van der Waals surface area contributed by atoms with Gasteiger partial charge in [0.1, 0.15) is 5.75 Å². The third-order valence-electron chi connectivity index (χ3n) is 9.29. The van der Waals surface area contributed by atoms with Crippen molar-refractivity contribution in [1.82, 2.24) is 25.0 Å². The van der Waals surface area contributed by atoms with Crippen LogP contribution in [-0.4, -0.2) is 83.6 Å². The number of ether oxygens (including phenoxy) is 2. The van der Waals surface area contributed by atoms with E-state index in [1.807, 2.05) is 43.3 Å². The maximum absolute atomic E-state index is 13.9. The molecular weight excluding hydrogens is 554 g/mol. The SMILES string of the molecule is CNC(=O)Cc1ccc(Oc2ccc(CN3CCC(N4C(=O)N(C5CCOCC5)C[C@H]4c4ccccc4)CC3)c(C)n2)cc1. The maximum atomic E-state index is 13.9. The van der Waals surface area contributed by atoms with Crippen LogP contribution in [0.25, 0.3) is 0 Å². The van der Waals surface area contributed by atoms with Crippen molar-refractivity contribution in [3.05, 3.63) is 89.1 Å². The van der Waals surface area contributed by atoms with Crippen LogP contribution in [0.3, 0.4) is 0 Å². The molecule has 3 aliphatic heterocycles. The van der Waals surface area contributed by atoms with Crippen LogP contribution in [0.2, 0.25) is 0 Å². The first-order valence-corrected chi connectivity index (χ1v) is 15.9. The number of carbonyl (C=O) groups excluding carboxylic acids is 2. The van der Waals surface area contributed by atoms with E-state index in [1.54, 1.807) is 7.05 Å². The third-order valence-corrected chi connectivity index (χ3v) is 9.29. The van der Waals surface area contributed by atoms with E-state index < -0.39 is 0 Å². The van der Waals surface area contributed by atoms with Gasteiger partial charge in [-0.25, -0.2) is 9.78 Å². The van der Waals surface area contributed by atoms with Crippen LogP contribution >= 0.6 is 0 Å². The summed E-state index contributed by atoms with van der Waals surface area (Å²) in [5.74, 6) is 1.22. The van der Waals surface area contributed by atoms with Gasteiger partial charge in [-0.1, -0.05) is 48.5 Å². The van der Waals surface area contributed by atoms with Gasteiger partial charge >= 0.3 is 6.03 Å². The number of aromatic nitrogens is 1. The number of piperidine rings is 1. The number of likely N-dealkylation sites (tertiary alicyclic amines) is 1. The van der Waals surface area contributed by atoms with Crippen LogP contribution in [-0.2, 0) is 22.5 Å². The normalized spacial score (nSPS) is 20.2. The molecule has 0 spiro atoms. The molecule has 3 fully saturated rings. The number of nitrogens with one attached hydrogen (secondary N) is 1. The Morgan fingerprint density at radius 1 is 0.955 bits per heavy atom. The van der Waals surface area contributed by atoms with Gasteiger partial charge in [0.15, 0.2) is 0 Å². The fourth-order valence-corrected chi connectivity index (χ4v) is 6.75. The lowest BCUT2D eigenvalue weighted by atomic mass is 9.98. The molecule has 44 heavy (non-hydrogen) atoms. The number of nitrogens with zero attached hydrogens (tertiary/aromatic N) is 4. The van der Waals surface area contributed by atoms with Gasteiger partial charge in [0.05, 0.1) is 12.5 Å². The second-order valence-corrected chi connectivity index (χ2v) is 12.1. The number of aryl methyl sites for hydroxylation is 1. The molecular formula is C35H43N5O4. The summed E-state index contributed by atoms with van der Waals surface area (Å²) in [5.41, 5.74) is 4.29. The second kappa shape index (κ2) is 13.8. The number of hydrogen-bond donors (Lipinski definition) is 1. The summed E-state index contributed by atoms with van der Waals surface area (Å²) >= 11 is 0. The minimum Gasteiger partial charge on any atom is -0.439 e. The Hall–Kier alpha value is -3.95. The van der Waals surface area contributed by atoms with E-state index in [-0.39, 0.29) is 30.1 Å². The summed E-state index contributed by atoms with van der Waals surface area (Å²) in [4.78, 5) is 37.0. The summed E-state index contributed by atoms with van der Waals surface area (Å²) in [6, 6.07) is 22.9. The van der Waals surface area contributed by atoms with E-state index in [0.29, 0.717) is 18.1 Å². The summed E-state index contributed by atoms with van der Waals surface area (Å²) in [6.45, 7) is 6.95. The number of pyridine rings is 1. The monoisotopic (exact) mass is 597 g/mol. The minimum atomic E-state index is -0.0195. The van der Waals surface area contributed by atoms with Gasteiger partial charge in [-0.15, -0.1) is 0 Å². The maximum Gasteiger partial charge on any atom is 0.321 e. The van der Waals surface area contributed by atoms with Crippen molar-refractivity contribution in [2.24, 2.45) is 0 Å². The molecule has 232 valence electrons. The molecule has 0 bridgehead atoms. The Balaban J connectivity index is 1.06. The highest BCUT2D eigenvalue weighted by molar-refractivity contribution is 5.79. The molecule has 6 rings (SSSR count). The van der Waals surface area contributed by atoms with Gasteiger partial charge < -0.3 is 24.6 Å². The average molecular weight is 598 g/mol. The molecule has 0 aliphatic carbocycles. The third kappa shape index (κ3) is 6.89. The highest BCUT2D eigenvalue weighted by Crippen LogP contribution is 2.37. The molecule has 1 atom stereocenters. The van der Waals surface area contributed by atoms with E-state index in [0.717, 1.165) is 76.3 Å². The predicted molar refractivity (Wildman–Crippen MR) is 169 cm³/mol. The smallest absolute Gasteiger partial charge is 0.321 e. The van der Waals surface area contributed by atoms with Gasteiger partial charge in [-0.3, -0.25) is 9.69 Å². The van der Waals surface area contributed by atoms with Gasteiger partial charge in [0.25, 0.3) is 0 Å². The van der Waals surface area contributed by atoms with Crippen molar-refractivity contribution in [1.29, 1.82) is 0 Å². The van der Waals surface area contributed by atoms with Gasteiger partial charge in [-0.2, -0.15) is 0 Å². The topological polar surface area (TPSA) is 87.2 Å². The van der Waals surface area contributed by atoms with E-state index in [4.69, 9.17) is 14.5 Å². The molecule has 9 nitrogen and oxygen atoms in total. The number of amides is 3. The Kier molecular flexibility index (Phi) is 9.43. The molecule has 3 saturated heterocycles. The Morgan fingerprint density at radius 3 is 2.36 bits per heavy atom. The Labute approximate surface area is 260 Å². The molecule has 1 aromatic heterocycles. The number of benzene rings is 2. The lowest BCUT2D eigenvalue weighted by Crippen LogP contribution is -2.48. The Morgan fingerprint density at radius 2 is 1.68 bits per heavy atom. The van der Waals surface area contributed by atoms with Crippen LogP contribution in [0.5, 0.6) is 11.6 Å². The van der Waals surface area contributed by atoms with Gasteiger partial charge in [0.2, 0.25) is 11.8 Å². The standard InChI is InChI=1S/C35H43N5O4/c1-25-28(10-13-34(37-25)44-31-11-8-26(9-12-31)22-33(41)36-2)23-38-18-14-30(15-19-38)40-32(27-6-4-3-5-7-27)24-39(35(40)42)29-16-20-43-21-17-29/h3-13,29-30,32H,14-24H2,1-2H3,(H,36,41)/t32-/m0/s1. The fourth-order valence-electron chi connectivity index (χ4n) is 6.75. The van der Waals surface area contributed by atoms with Crippen LogP contribution in [0.4, 0.5) is 4.79 Å². The molecule has 4 heterocycles. The quantitative estimate of drug-likeness (QED) is 0.370. The van der Waals surface area contributed by atoms with Crippen molar-refractivity contribution in [3.63, 3.8) is 0 Å². The number of carbonyl (C=O) groups is 2.